The second-order valence-corrected chi connectivity index (χ2v) is 6.03. The monoisotopic (exact) mass is 326 g/mol. The predicted octanol–water partition coefficient (Wildman–Crippen LogP) is 6.08. The van der Waals surface area contributed by atoms with Gasteiger partial charge in [-0.05, 0) is 36.6 Å². The first-order chi connectivity index (χ1) is 11.7. The van der Waals surface area contributed by atoms with Crippen LogP contribution in [0.25, 0.3) is 0 Å². The molecule has 0 spiro atoms. The van der Waals surface area contributed by atoms with E-state index in [9.17, 15) is 9.90 Å². The summed E-state index contributed by atoms with van der Waals surface area (Å²) in [4.78, 5) is 11.3. The number of para-hydroxylation sites is 2. The van der Waals surface area contributed by atoms with Gasteiger partial charge >= 0.3 is 5.97 Å². The van der Waals surface area contributed by atoms with Gasteiger partial charge < -0.3 is 9.84 Å². The van der Waals surface area contributed by atoms with E-state index in [4.69, 9.17) is 4.74 Å². The Morgan fingerprint density at radius 2 is 1.50 bits per heavy atom. The van der Waals surface area contributed by atoms with E-state index >= 15 is 0 Å². The number of ether oxygens (including phenoxy) is 1. The van der Waals surface area contributed by atoms with Crippen molar-refractivity contribution in [3.8, 4) is 11.5 Å². The van der Waals surface area contributed by atoms with Crippen molar-refractivity contribution in [2.45, 2.75) is 51.9 Å². The van der Waals surface area contributed by atoms with Gasteiger partial charge in [-0.1, -0.05) is 69.4 Å². The Kier molecular flexibility index (Phi) is 7.34. The highest BCUT2D eigenvalue weighted by Crippen LogP contribution is 2.29. The minimum absolute atomic E-state index is 0.187. The molecule has 2 aromatic carbocycles. The Morgan fingerprint density at radius 3 is 2.25 bits per heavy atom. The molecule has 3 heteroatoms. The lowest BCUT2D eigenvalue weighted by molar-refractivity contribution is 0.0694. The fourth-order valence-corrected chi connectivity index (χ4v) is 2.76. The van der Waals surface area contributed by atoms with Gasteiger partial charge in [0.2, 0.25) is 0 Å². The van der Waals surface area contributed by atoms with Gasteiger partial charge in [-0.3, -0.25) is 0 Å². The molecule has 0 aliphatic carbocycles. The highest BCUT2D eigenvalue weighted by atomic mass is 16.5. The Hall–Kier alpha value is -2.29. The highest BCUT2D eigenvalue weighted by molar-refractivity contribution is 5.90. The maximum atomic E-state index is 11.3. The van der Waals surface area contributed by atoms with E-state index in [1.54, 1.807) is 24.3 Å². The summed E-state index contributed by atoms with van der Waals surface area (Å²) in [5.74, 6) is 0.166. The van der Waals surface area contributed by atoms with Gasteiger partial charge in [0.25, 0.3) is 0 Å². The van der Waals surface area contributed by atoms with Crippen molar-refractivity contribution in [2.75, 3.05) is 0 Å². The van der Waals surface area contributed by atoms with Crippen LogP contribution in [0, 0.1) is 0 Å². The lowest BCUT2D eigenvalue weighted by Gasteiger charge is -2.12. The number of aromatic carboxylic acids is 1. The molecule has 0 fully saturated rings. The topological polar surface area (TPSA) is 46.5 Å². The first-order valence-corrected chi connectivity index (χ1v) is 8.80. The number of hydrogen-bond acceptors (Lipinski definition) is 2. The molecule has 2 aromatic rings. The molecule has 0 unspecified atom stereocenters. The molecule has 0 aromatic heterocycles. The van der Waals surface area contributed by atoms with Crippen LogP contribution in [0.5, 0.6) is 11.5 Å². The molecule has 0 aliphatic rings. The van der Waals surface area contributed by atoms with Gasteiger partial charge in [0.05, 0.1) is 0 Å². The summed E-state index contributed by atoms with van der Waals surface area (Å²) in [5, 5.41) is 9.28. The van der Waals surface area contributed by atoms with Crippen LogP contribution in [-0.2, 0) is 6.42 Å². The summed E-state index contributed by atoms with van der Waals surface area (Å²) in [5.41, 5.74) is 1.32. The average Bonchev–Trinajstić information content (AvgIpc) is 2.59. The molecule has 24 heavy (non-hydrogen) atoms. The zero-order valence-corrected chi connectivity index (χ0v) is 14.3. The Bertz CT molecular complexity index is 649. The van der Waals surface area contributed by atoms with E-state index in [1.165, 1.54) is 32.1 Å². The number of rotatable bonds is 10. The largest absolute Gasteiger partial charge is 0.478 e. The van der Waals surface area contributed by atoms with Crippen LogP contribution >= 0.6 is 0 Å². The summed E-state index contributed by atoms with van der Waals surface area (Å²) in [7, 11) is 0. The van der Waals surface area contributed by atoms with Gasteiger partial charge in [0.1, 0.15) is 17.1 Å². The van der Waals surface area contributed by atoms with Crippen molar-refractivity contribution in [1.82, 2.24) is 0 Å². The van der Waals surface area contributed by atoms with Crippen LogP contribution in [0.4, 0.5) is 0 Å². The van der Waals surface area contributed by atoms with Crippen LogP contribution < -0.4 is 4.74 Å². The molecule has 3 nitrogen and oxygen atoms in total. The van der Waals surface area contributed by atoms with E-state index in [1.807, 2.05) is 18.2 Å². The van der Waals surface area contributed by atoms with Crippen molar-refractivity contribution in [3.63, 3.8) is 0 Å². The van der Waals surface area contributed by atoms with Gasteiger partial charge in [0.15, 0.2) is 0 Å². The van der Waals surface area contributed by atoms with Crippen LogP contribution in [0.15, 0.2) is 48.5 Å². The van der Waals surface area contributed by atoms with Gasteiger partial charge in [-0.25, -0.2) is 4.79 Å². The number of hydrogen-bond donors (Lipinski definition) is 1. The molecule has 0 heterocycles. The van der Waals surface area contributed by atoms with Crippen molar-refractivity contribution >= 4 is 5.97 Å². The molecule has 0 aliphatic heterocycles. The third-order valence-corrected chi connectivity index (χ3v) is 4.11. The molecule has 0 atom stereocenters. The standard InChI is InChI=1S/C21H26O3/c1-2-3-4-5-6-7-12-17-13-8-10-15-19(17)24-20-16-11-9-14-18(20)21(22)23/h8-11,13-16H,2-7,12H2,1H3,(H,22,23). The van der Waals surface area contributed by atoms with Crippen LogP contribution in [0.1, 0.15) is 61.4 Å². The number of aryl methyl sites for hydroxylation is 1. The van der Waals surface area contributed by atoms with Gasteiger partial charge in [-0.15, -0.1) is 0 Å². The zero-order valence-electron chi connectivity index (χ0n) is 14.3. The maximum Gasteiger partial charge on any atom is 0.339 e. The fourth-order valence-electron chi connectivity index (χ4n) is 2.76. The maximum absolute atomic E-state index is 11.3. The van der Waals surface area contributed by atoms with Crippen LogP contribution in [-0.4, -0.2) is 11.1 Å². The molecule has 0 saturated carbocycles. The van der Waals surface area contributed by atoms with Crippen LogP contribution in [0.3, 0.4) is 0 Å². The zero-order chi connectivity index (χ0) is 17.2. The number of carboxylic acids is 1. The van der Waals surface area contributed by atoms with Gasteiger partial charge in [0, 0.05) is 0 Å². The Morgan fingerprint density at radius 1 is 0.875 bits per heavy atom. The summed E-state index contributed by atoms with van der Waals surface area (Å²) < 4.78 is 5.92. The second-order valence-electron chi connectivity index (χ2n) is 6.03. The smallest absolute Gasteiger partial charge is 0.339 e. The Balaban J connectivity index is 2.00. The Labute approximate surface area is 144 Å². The average molecular weight is 326 g/mol. The second kappa shape index (κ2) is 9.76. The number of benzene rings is 2. The molecule has 2 rings (SSSR count). The normalized spacial score (nSPS) is 10.5. The molecule has 128 valence electrons. The molecule has 0 bridgehead atoms. The molecular weight excluding hydrogens is 300 g/mol. The predicted molar refractivity (Wildman–Crippen MR) is 97.0 cm³/mol. The van der Waals surface area contributed by atoms with Crippen LogP contribution in [0.2, 0.25) is 0 Å². The van der Waals surface area contributed by atoms with E-state index in [-0.39, 0.29) is 5.56 Å². The third-order valence-electron chi connectivity index (χ3n) is 4.11. The fraction of sp³-hybridized carbons (Fsp3) is 0.381. The number of carbonyl (C=O) groups is 1. The summed E-state index contributed by atoms with van der Waals surface area (Å²) >= 11 is 0. The van der Waals surface area contributed by atoms with Crippen molar-refractivity contribution in [3.05, 3.63) is 59.7 Å². The number of unbranched alkanes of at least 4 members (excludes halogenated alkanes) is 5. The minimum Gasteiger partial charge on any atom is -0.478 e. The lowest BCUT2D eigenvalue weighted by atomic mass is 10.0. The summed E-state index contributed by atoms with van der Waals surface area (Å²) in [6.45, 7) is 2.22. The van der Waals surface area contributed by atoms with E-state index in [0.717, 1.165) is 24.2 Å². The first kappa shape index (κ1) is 18.1. The lowest BCUT2D eigenvalue weighted by Crippen LogP contribution is -2.00. The minimum atomic E-state index is -0.973. The molecule has 0 amide bonds. The highest BCUT2D eigenvalue weighted by Gasteiger charge is 2.12. The van der Waals surface area contributed by atoms with Gasteiger partial charge in [-0.2, -0.15) is 0 Å². The van der Waals surface area contributed by atoms with E-state index in [0.29, 0.717) is 5.75 Å². The van der Waals surface area contributed by atoms with Crippen molar-refractivity contribution < 1.29 is 14.6 Å². The summed E-state index contributed by atoms with van der Waals surface area (Å²) in [6.07, 6.45) is 8.47. The van der Waals surface area contributed by atoms with E-state index < -0.39 is 5.97 Å². The van der Waals surface area contributed by atoms with E-state index in [2.05, 4.69) is 13.0 Å². The van der Waals surface area contributed by atoms with Crippen molar-refractivity contribution in [2.24, 2.45) is 0 Å². The third kappa shape index (κ3) is 5.41. The first-order valence-electron chi connectivity index (χ1n) is 8.80. The molecular formula is C21H26O3. The summed E-state index contributed by atoms with van der Waals surface area (Å²) in [6, 6.07) is 14.7. The molecule has 0 saturated heterocycles. The van der Waals surface area contributed by atoms with Crippen molar-refractivity contribution in [1.29, 1.82) is 0 Å². The SMILES string of the molecule is CCCCCCCCc1ccccc1Oc1ccccc1C(=O)O. The molecule has 0 radical (unpaired) electrons. The number of carboxylic acid groups (broad SMARTS) is 1. The molecule has 1 N–H and O–H groups in total. The quantitative estimate of drug-likeness (QED) is 0.538.